The van der Waals surface area contributed by atoms with Gasteiger partial charge >= 0.3 is 5.97 Å². The molecule has 0 aromatic heterocycles. The lowest BCUT2D eigenvalue weighted by molar-refractivity contribution is 0.0392. The van der Waals surface area contributed by atoms with Crippen LogP contribution in [0.2, 0.25) is 0 Å². The highest BCUT2D eigenvalue weighted by molar-refractivity contribution is 5.96. The Hall–Kier alpha value is -2.90. The summed E-state index contributed by atoms with van der Waals surface area (Å²) in [5, 5.41) is 2.89. The van der Waals surface area contributed by atoms with Gasteiger partial charge < -0.3 is 19.5 Å². The minimum Gasteiger partial charge on any atom is -0.492 e. The van der Waals surface area contributed by atoms with E-state index in [0.29, 0.717) is 30.3 Å². The van der Waals surface area contributed by atoms with E-state index >= 15 is 0 Å². The number of ether oxygens (including phenoxy) is 3. The Kier molecular flexibility index (Phi) is 8.44. The van der Waals surface area contributed by atoms with E-state index in [4.69, 9.17) is 9.47 Å². The van der Waals surface area contributed by atoms with Gasteiger partial charge in [-0.2, -0.15) is 0 Å². The summed E-state index contributed by atoms with van der Waals surface area (Å²) in [7, 11) is 3.45. The molecular weight excluding hydrogens is 396 g/mol. The SMILES string of the molecule is COC(=O)c1ccc(C(=O)NCc2cccc(OCCN(C)C3CCOCC3)c2)cc1. The van der Waals surface area contributed by atoms with Crippen molar-refractivity contribution in [2.75, 3.05) is 40.5 Å². The topological polar surface area (TPSA) is 77.1 Å². The molecule has 2 aromatic carbocycles. The Morgan fingerprint density at radius 1 is 1.10 bits per heavy atom. The van der Waals surface area contributed by atoms with Crippen LogP contribution in [-0.4, -0.2) is 63.3 Å². The largest absolute Gasteiger partial charge is 0.492 e. The first-order chi connectivity index (χ1) is 15.1. The number of nitrogens with zero attached hydrogens (tertiary/aromatic N) is 1. The summed E-state index contributed by atoms with van der Waals surface area (Å²) >= 11 is 0. The molecule has 1 heterocycles. The maximum atomic E-state index is 12.4. The standard InChI is InChI=1S/C24H30N2O5/c1-26(21-10-13-30-14-11-21)12-15-31-22-5-3-4-18(16-22)17-25-23(27)19-6-8-20(9-7-19)24(28)29-2/h3-9,16,21H,10-15,17H2,1-2H3,(H,25,27). The summed E-state index contributed by atoms with van der Waals surface area (Å²) in [6.45, 7) is 3.51. The summed E-state index contributed by atoms with van der Waals surface area (Å²) in [5.41, 5.74) is 1.84. The van der Waals surface area contributed by atoms with E-state index in [2.05, 4.69) is 22.0 Å². The van der Waals surface area contributed by atoms with Gasteiger partial charge in [-0.3, -0.25) is 9.69 Å². The molecular formula is C24H30N2O5. The average molecular weight is 427 g/mol. The molecule has 0 spiro atoms. The Bertz CT molecular complexity index is 863. The summed E-state index contributed by atoms with van der Waals surface area (Å²) in [4.78, 5) is 26.2. The van der Waals surface area contributed by atoms with Crippen molar-refractivity contribution in [3.05, 3.63) is 65.2 Å². The number of nitrogens with one attached hydrogen (secondary N) is 1. The Morgan fingerprint density at radius 3 is 2.52 bits per heavy atom. The minimum absolute atomic E-state index is 0.208. The maximum Gasteiger partial charge on any atom is 0.337 e. The van der Waals surface area contributed by atoms with Crippen molar-refractivity contribution in [2.45, 2.75) is 25.4 Å². The second-order valence-corrected chi connectivity index (χ2v) is 7.57. The zero-order valence-corrected chi connectivity index (χ0v) is 18.1. The quantitative estimate of drug-likeness (QED) is 0.622. The molecule has 1 fully saturated rings. The number of benzene rings is 2. The second kappa shape index (κ2) is 11.5. The highest BCUT2D eigenvalue weighted by Crippen LogP contribution is 2.15. The fourth-order valence-corrected chi connectivity index (χ4v) is 3.52. The van der Waals surface area contributed by atoms with E-state index in [0.717, 1.165) is 43.9 Å². The van der Waals surface area contributed by atoms with Crippen molar-refractivity contribution >= 4 is 11.9 Å². The van der Waals surface area contributed by atoms with Gasteiger partial charge in [0.05, 0.1) is 12.7 Å². The molecule has 1 saturated heterocycles. The van der Waals surface area contributed by atoms with E-state index in [9.17, 15) is 9.59 Å². The van der Waals surface area contributed by atoms with Gasteiger partial charge in [-0.15, -0.1) is 0 Å². The van der Waals surface area contributed by atoms with Crippen LogP contribution in [0, 0.1) is 0 Å². The number of hydrogen-bond acceptors (Lipinski definition) is 6. The van der Waals surface area contributed by atoms with Crippen LogP contribution in [0.3, 0.4) is 0 Å². The van der Waals surface area contributed by atoms with Crippen molar-refractivity contribution < 1.29 is 23.8 Å². The minimum atomic E-state index is -0.428. The lowest BCUT2D eigenvalue weighted by Crippen LogP contribution is -2.38. The molecule has 0 aliphatic carbocycles. The Morgan fingerprint density at radius 2 is 1.81 bits per heavy atom. The number of rotatable bonds is 9. The zero-order valence-electron chi connectivity index (χ0n) is 18.1. The molecule has 1 aliphatic heterocycles. The van der Waals surface area contributed by atoms with Gasteiger partial charge in [0.25, 0.3) is 5.91 Å². The molecule has 7 heteroatoms. The smallest absolute Gasteiger partial charge is 0.337 e. The summed E-state index contributed by atoms with van der Waals surface area (Å²) in [6.07, 6.45) is 2.13. The van der Waals surface area contributed by atoms with Gasteiger partial charge in [0, 0.05) is 37.9 Å². The number of carbonyl (C=O) groups is 2. The Balaban J connectivity index is 1.45. The van der Waals surface area contributed by atoms with Gasteiger partial charge in [0.1, 0.15) is 12.4 Å². The molecule has 0 atom stereocenters. The first-order valence-electron chi connectivity index (χ1n) is 10.5. The average Bonchev–Trinajstić information content (AvgIpc) is 2.83. The number of carbonyl (C=O) groups excluding carboxylic acids is 2. The second-order valence-electron chi connectivity index (χ2n) is 7.57. The molecule has 1 aliphatic rings. The molecule has 0 saturated carbocycles. The van der Waals surface area contributed by atoms with E-state index in [1.807, 2.05) is 24.3 Å². The molecule has 0 bridgehead atoms. The molecule has 0 radical (unpaired) electrons. The first-order valence-corrected chi connectivity index (χ1v) is 10.5. The van der Waals surface area contributed by atoms with Gasteiger partial charge in [0.2, 0.25) is 0 Å². The van der Waals surface area contributed by atoms with Gasteiger partial charge in [-0.05, 0) is 61.9 Å². The molecule has 166 valence electrons. The fourth-order valence-electron chi connectivity index (χ4n) is 3.52. The number of hydrogen-bond donors (Lipinski definition) is 1. The lowest BCUT2D eigenvalue weighted by atomic mass is 10.1. The number of esters is 1. The van der Waals surface area contributed by atoms with E-state index in [1.165, 1.54) is 7.11 Å². The van der Waals surface area contributed by atoms with Crippen LogP contribution < -0.4 is 10.1 Å². The van der Waals surface area contributed by atoms with E-state index in [-0.39, 0.29) is 5.91 Å². The molecule has 7 nitrogen and oxygen atoms in total. The van der Waals surface area contributed by atoms with Crippen LogP contribution in [0.4, 0.5) is 0 Å². The van der Waals surface area contributed by atoms with Crippen LogP contribution in [0.1, 0.15) is 39.1 Å². The first kappa shape index (κ1) is 22.8. The molecule has 1 N–H and O–H groups in total. The van der Waals surface area contributed by atoms with Crippen molar-refractivity contribution in [1.29, 1.82) is 0 Å². The van der Waals surface area contributed by atoms with Crippen LogP contribution in [0.15, 0.2) is 48.5 Å². The van der Waals surface area contributed by atoms with Crippen molar-refractivity contribution in [3.8, 4) is 5.75 Å². The molecule has 31 heavy (non-hydrogen) atoms. The van der Waals surface area contributed by atoms with Crippen LogP contribution in [-0.2, 0) is 16.0 Å². The molecule has 3 rings (SSSR count). The van der Waals surface area contributed by atoms with Gasteiger partial charge in [-0.1, -0.05) is 12.1 Å². The highest BCUT2D eigenvalue weighted by atomic mass is 16.5. The normalized spacial score (nSPS) is 14.3. The van der Waals surface area contributed by atoms with E-state index in [1.54, 1.807) is 24.3 Å². The molecule has 2 aromatic rings. The van der Waals surface area contributed by atoms with Gasteiger partial charge in [-0.25, -0.2) is 4.79 Å². The zero-order chi connectivity index (χ0) is 22.1. The van der Waals surface area contributed by atoms with Crippen LogP contribution in [0.5, 0.6) is 5.75 Å². The van der Waals surface area contributed by atoms with Crippen molar-refractivity contribution in [3.63, 3.8) is 0 Å². The predicted octanol–water partition coefficient (Wildman–Crippen LogP) is 2.89. The van der Waals surface area contributed by atoms with Crippen molar-refractivity contribution in [1.82, 2.24) is 10.2 Å². The third kappa shape index (κ3) is 6.80. The highest BCUT2D eigenvalue weighted by Gasteiger charge is 2.18. The summed E-state index contributed by atoms with van der Waals surface area (Å²) in [5.74, 6) is 0.151. The van der Waals surface area contributed by atoms with Crippen molar-refractivity contribution in [2.24, 2.45) is 0 Å². The maximum absolute atomic E-state index is 12.4. The summed E-state index contributed by atoms with van der Waals surface area (Å²) in [6, 6.07) is 14.7. The number of likely N-dealkylation sites (N-methyl/N-ethyl adjacent to an activating group) is 1. The number of methoxy groups -OCH3 is 1. The summed E-state index contributed by atoms with van der Waals surface area (Å²) < 4.78 is 16.0. The fraction of sp³-hybridized carbons (Fsp3) is 0.417. The molecule has 0 unspecified atom stereocenters. The third-order valence-electron chi connectivity index (χ3n) is 5.45. The van der Waals surface area contributed by atoms with Crippen LogP contribution in [0.25, 0.3) is 0 Å². The van der Waals surface area contributed by atoms with Gasteiger partial charge in [0.15, 0.2) is 0 Å². The third-order valence-corrected chi connectivity index (χ3v) is 5.45. The lowest BCUT2D eigenvalue weighted by Gasteiger charge is -2.31. The Labute approximate surface area is 183 Å². The number of amides is 1. The predicted molar refractivity (Wildman–Crippen MR) is 117 cm³/mol. The van der Waals surface area contributed by atoms with Crippen LogP contribution >= 0.6 is 0 Å². The monoisotopic (exact) mass is 426 g/mol. The molecule has 1 amide bonds. The van der Waals surface area contributed by atoms with E-state index < -0.39 is 5.97 Å².